The van der Waals surface area contributed by atoms with Gasteiger partial charge in [-0.1, -0.05) is 127 Å². The summed E-state index contributed by atoms with van der Waals surface area (Å²) in [6.45, 7) is 0. The number of rotatable bonds is 4. The molecule has 1 aliphatic heterocycles. The summed E-state index contributed by atoms with van der Waals surface area (Å²) in [5.41, 5.74) is 17.0. The Hall–Kier alpha value is -7.56. The van der Waals surface area contributed by atoms with Crippen LogP contribution in [-0.2, 0) is 5.41 Å². The van der Waals surface area contributed by atoms with Crippen molar-refractivity contribution < 1.29 is 13.9 Å². The van der Waals surface area contributed by atoms with Gasteiger partial charge in [0, 0.05) is 33.9 Å². The van der Waals surface area contributed by atoms with E-state index in [1.807, 2.05) is 12.1 Å². The van der Waals surface area contributed by atoms with Crippen molar-refractivity contribution in [3.05, 3.63) is 216 Å². The Kier molecular flexibility index (Phi) is 6.74. The molecule has 278 valence electrons. The molecule has 0 N–H and O–H groups in total. The quantitative estimate of drug-likeness (QED) is 0.179. The molecule has 9 aromatic rings. The number of allylic oxidation sites excluding steroid dienone is 4. The Morgan fingerprint density at radius 2 is 1.08 bits per heavy atom. The van der Waals surface area contributed by atoms with Crippen molar-refractivity contribution in [2.24, 2.45) is 0 Å². The molecule has 0 amide bonds. The van der Waals surface area contributed by atoms with Gasteiger partial charge in [-0.3, -0.25) is 0 Å². The highest BCUT2D eigenvalue weighted by Gasteiger charge is 2.52. The number of benzene rings is 8. The maximum absolute atomic E-state index is 6.90. The third-order valence-corrected chi connectivity index (χ3v) is 12.8. The summed E-state index contributed by atoms with van der Waals surface area (Å²) in [4.78, 5) is 2.36. The van der Waals surface area contributed by atoms with E-state index in [1.54, 1.807) is 0 Å². The minimum atomic E-state index is -0.449. The first-order valence-electron chi connectivity index (χ1n) is 20.4. The van der Waals surface area contributed by atoms with Crippen molar-refractivity contribution in [2.45, 2.75) is 18.3 Å². The minimum Gasteiger partial charge on any atom is -0.456 e. The van der Waals surface area contributed by atoms with Gasteiger partial charge < -0.3 is 18.8 Å². The SMILES string of the molecule is C1=CCCC(N(c2cccc(-c3cccc4oc5ccccc5c34)c2)c2ccc3c(c2)Oc2cc4c(cc2O3)C2(c3ccccc3-c3ccccc32)c2ccccc2-4)=C1. The van der Waals surface area contributed by atoms with Gasteiger partial charge in [-0.15, -0.1) is 0 Å². The lowest BCUT2D eigenvalue weighted by atomic mass is 9.70. The number of nitrogens with zero attached hydrogens (tertiary/aromatic N) is 1. The number of ether oxygens (including phenoxy) is 2. The van der Waals surface area contributed by atoms with Gasteiger partial charge in [0.1, 0.15) is 11.2 Å². The van der Waals surface area contributed by atoms with Crippen LogP contribution < -0.4 is 14.4 Å². The largest absolute Gasteiger partial charge is 0.456 e. The van der Waals surface area contributed by atoms with Gasteiger partial charge in [0.25, 0.3) is 0 Å². The molecule has 0 atom stereocenters. The number of fused-ring (bicyclic) bond motifs is 15. The summed E-state index contributed by atoms with van der Waals surface area (Å²) in [6, 6.07) is 60.8. The second kappa shape index (κ2) is 12.2. The lowest BCUT2D eigenvalue weighted by Crippen LogP contribution is -2.25. The van der Waals surface area contributed by atoms with Gasteiger partial charge in [0.05, 0.1) is 5.41 Å². The summed E-state index contributed by atoms with van der Waals surface area (Å²) in [7, 11) is 0. The van der Waals surface area contributed by atoms with E-state index in [0.29, 0.717) is 17.2 Å². The van der Waals surface area contributed by atoms with Gasteiger partial charge in [0.15, 0.2) is 23.0 Å². The summed E-state index contributed by atoms with van der Waals surface area (Å²) in [5.74, 6) is 2.83. The van der Waals surface area contributed by atoms with Crippen molar-refractivity contribution in [3.8, 4) is 56.4 Å². The molecule has 4 aliphatic rings. The first kappa shape index (κ1) is 32.5. The van der Waals surface area contributed by atoms with E-state index in [2.05, 4.69) is 181 Å². The fourth-order valence-corrected chi connectivity index (χ4v) is 10.4. The highest BCUT2D eigenvalue weighted by molar-refractivity contribution is 6.12. The van der Waals surface area contributed by atoms with Crippen LogP contribution in [0.1, 0.15) is 35.1 Å². The van der Waals surface area contributed by atoms with E-state index < -0.39 is 5.41 Å². The van der Waals surface area contributed by atoms with E-state index in [0.717, 1.165) is 63.0 Å². The zero-order chi connectivity index (χ0) is 38.7. The van der Waals surface area contributed by atoms with Gasteiger partial charge in [-0.2, -0.15) is 0 Å². The van der Waals surface area contributed by atoms with Crippen LogP contribution in [0.2, 0.25) is 0 Å². The smallest absolute Gasteiger partial charge is 0.172 e. The molecule has 0 saturated heterocycles. The first-order valence-corrected chi connectivity index (χ1v) is 20.4. The van der Waals surface area contributed by atoms with E-state index in [-0.39, 0.29) is 0 Å². The highest BCUT2D eigenvalue weighted by Crippen LogP contribution is 2.64. The fraction of sp³-hybridized carbons (Fsp3) is 0.0545. The second-order valence-corrected chi connectivity index (χ2v) is 15.9. The van der Waals surface area contributed by atoms with E-state index in [9.17, 15) is 0 Å². The molecule has 0 saturated carbocycles. The Morgan fingerprint density at radius 3 is 1.86 bits per heavy atom. The predicted molar refractivity (Wildman–Crippen MR) is 237 cm³/mol. The molecule has 8 aromatic carbocycles. The molecule has 4 heteroatoms. The Labute approximate surface area is 341 Å². The van der Waals surface area contributed by atoms with Crippen LogP contribution in [0.3, 0.4) is 0 Å². The molecule has 1 aromatic heterocycles. The van der Waals surface area contributed by atoms with E-state index in [1.165, 1.54) is 50.2 Å². The van der Waals surface area contributed by atoms with Crippen LogP contribution in [0.15, 0.2) is 198 Å². The number of para-hydroxylation sites is 1. The minimum absolute atomic E-state index is 0.449. The molecule has 0 bridgehead atoms. The predicted octanol–water partition coefficient (Wildman–Crippen LogP) is 14.9. The lowest BCUT2D eigenvalue weighted by molar-refractivity contribution is 0.359. The van der Waals surface area contributed by atoms with E-state index >= 15 is 0 Å². The number of hydrogen-bond donors (Lipinski definition) is 0. The van der Waals surface area contributed by atoms with Crippen LogP contribution in [0, 0.1) is 0 Å². The maximum atomic E-state index is 6.90. The fourth-order valence-electron chi connectivity index (χ4n) is 10.4. The monoisotopic (exact) mass is 757 g/mol. The molecular formula is C55H35NO3. The van der Waals surface area contributed by atoms with Crippen molar-refractivity contribution in [1.82, 2.24) is 0 Å². The Bertz CT molecular complexity index is 3260. The average molecular weight is 758 g/mol. The van der Waals surface area contributed by atoms with Crippen molar-refractivity contribution in [3.63, 3.8) is 0 Å². The van der Waals surface area contributed by atoms with Gasteiger partial charge in [0.2, 0.25) is 0 Å². The molecule has 59 heavy (non-hydrogen) atoms. The topological polar surface area (TPSA) is 34.8 Å². The molecule has 0 unspecified atom stereocenters. The Balaban J connectivity index is 0.926. The normalized spacial score (nSPS) is 14.7. The average Bonchev–Trinajstić information content (AvgIpc) is 3.92. The standard InChI is InChI=1S/C55H35NO3/c1-2-15-35(16-3-1)56(36-17-12-14-34(30-36)38-22-13-27-50-54(38)42-21-7-11-26-48(42)57-50)37-28-29-49-51(31-37)59-52-32-43-41-20-6-10-25-46(41)55(47(43)33-53(52)58-49)44-23-8-4-18-39(44)40-19-5-9-24-45(40)55/h1-2,4-15,17-33H,3,16H2. The summed E-state index contributed by atoms with van der Waals surface area (Å²) in [5, 5.41) is 2.25. The first-order chi connectivity index (χ1) is 29.2. The van der Waals surface area contributed by atoms with Crippen LogP contribution in [0.4, 0.5) is 11.4 Å². The van der Waals surface area contributed by atoms with Crippen molar-refractivity contribution in [1.29, 1.82) is 0 Å². The summed E-state index contributed by atoms with van der Waals surface area (Å²) in [6.07, 6.45) is 8.51. The van der Waals surface area contributed by atoms with Crippen LogP contribution in [-0.4, -0.2) is 0 Å². The Morgan fingerprint density at radius 1 is 0.458 bits per heavy atom. The van der Waals surface area contributed by atoms with Crippen molar-refractivity contribution in [2.75, 3.05) is 4.90 Å². The molecule has 0 fully saturated rings. The van der Waals surface area contributed by atoms with Gasteiger partial charge in [-0.25, -0.2) is 0 Å². The van der Waals surface area contributed by atoms with Crippen LogP contribution in [0.25, 0.3) is 55.3 Å². The summed E-state index contributed by atoms with van der Waals surface area (Å²) >= 11 is 0. The third-order valence-electron chi connectivity index (χ3n) is 12.8. The number of hydrogen-bond acceptors (Lipinski definition) is 4. The zero-order valence-electron chi connectivity index (χ0n) is 32.0. The molecule has 0 radical (unpaired) electrons. The maximum Gasteiger partial charge on any atom is 0.172 e. The van der Waals surface area contributed by atoms with Crippen LogP contribution in [0.5, 0.6) is 23.0 Å². The van der Waals surface area contributed by atoms with Gasteiger partial charge in [-0.05, 0) is 123 Å². The lowest BCUT2D eigenvalue weighted by Gasteiger charge is -2.32. The molecule has 4 nitrogen and oxygen atoms in total. The molecular weight excluding hydrogens is 723 g/mol. The molecule has 1 spiro atoms. The van der Waals surface area contributed by atoms with Crippen LogP contribution >= 0.6 is 0 Å². The molecule has 2 heterocycles. The van der Waals surface area contributed by atoms with Gasteiger partial charge >= 0.3 is 0 Å². The number of furan rings is 1. The third kappa shape index (κ3) is 4.54. The highest BCUT2D eigenvalue weighted by atomic mass is 16.6. The van der Waals surface area contributed by atoms with E-state index in [4.69, 9.17) is 13.9 Å². The summed E-state index contributed by atoms with van der Waals surface area (Å²) < 4.78 is 20.0. The number of anilines is 2. The molecule has 13 rings (SSSR count). The second-order valence-electron chi connectivity index (χ2n) is 15.9. The zero-order valence-corrected chi connectivity index (χ0v) is 32.0. The molecule has 3 aliphatic carbocycles. The van der Waals surface area contributed by atoms with Crippen molar-refractivity contribution >= 4 is 33.3 Å².